The van der Waals surface area contributed by atoms with Gasteiger partial charge in [-0.1, -0.05) is 11.6 Å². The molecule has 0 aliphatic carbocycles. The molecule has 2 amide bonds. The lowest BCUT2D eigenvalue weighted by atomic mass is 10.4. The van der Waals surface area contributed by atoms with E-state index < -0.39 is 18.8 Å². The lowest BCUT2D eigenvalue weighted by Gasteiger charge is -2.22. The predicted octanol–water partition coefficient (Wildman–Crippen LogP) is 2.14. The number of aromatic nitrogens is 1. The number of alkyl halides is 3. The average molecular weight is 342 g/mol. The highest BCUT2D eigenvalue weighted by molar-refractivity contribution is 6.32. The van der Waals surface area contributed by atoms with Crippen LogP contribution in [0.1, 0.15) is 0 Å². The van der Waals surface area contributed by atoms with Crippen LogP contribution in [0.15, 0.2) is 18.3 Å². The van der Waals surface area contributed by atoms with Gasteiger partial charge in [0.1, 0.15) is 6.61 Å². The van der Waals surface area contributed by atoms with Crippen molar-refractivity contribution < 1.29 is 27.8 Å². The maximum Gasteiger partial charge on any atom is 0.411 e. The van der Waals surface area contributed by atoms with Gasteiger partial charge in [0.05, 0.1) is 18.9 Å². The number of carbonyl (C=O) groups excluding carboxylic acids is 1. The van der Waals surface area contributed by atoms with Crippen LogP contribution in [0.25, 0.3) is 0 Å². The number of halogens is 4. The number of aliphatic hydroxyl groups excluding tert-OH is 1. The zero-order chi connectivity index (χ0) is 16.6. The van der Waals surface area contributed by atoms with E-state index in [0.717, 1.165) is 4.90 Å². The van der Waals surface area contributed by atoms with Gasteiger partial charge in [-0.05, 0) is 12.1 Å². The first-order valence-electron chi connectivity index (χ1n) is 6.25. The van der Waals surface area contributed by atoms with Crippen molar-refractivity contribution in [2.75, 3.05) is 38.2 Å². The first-order chi connectivity index (χ1) is 10.3. The minimum atomic E-state index is -4.42. The molecule has 0 saturated heterocycles. The number of aliphatic hydroxyl groups is 1. The van der Waals surface area contributed by atoms with Gasteiger partial charge in [-0.3, -0.25) is 0 Å². The minimum Gasteiger partial charge on any atom is -0.395 e. The summed E-state index contributed by atoms with van der Waals surface area (Å²) in [6, 6.07) is 2.45. The molecule has 1 aromatic rings. The summed E-state index contributed by atoms with van der Waals surface area (Å²) in [5.74, 6) is 0. The first-order valence-corrected chi connectivity index (χ1v) is 6.63. The number of anilines is 1. The van der Waals surface area contributed by atoms with Crippen LogP contribution in [-0.4, -0.2) is 60.1 Å². The van der Waals surface area contributed by atoms with Crippen molar-refractivity contribution in [3.05, 3.63) is 23.5 Å². The Morgan fingerprint density at radius 3 is 2.77 bits per heavy atom. The molecule has 0 bridgehead atoms. The number of nitrogens with zero attached hydrogens (tertiary/aromatic N) is 2. The summed E-state index contributed by atoms with van der Waals surface area (Å²) in [5, 5.41) is 11.4. The number of carbonyl (C=O) groups is 1. The van der Waals surface area contributed by atoms with Crippen molar-refractivity contribution in [3.8, 4) is 0 Å². The van der Waals surface area contributed by atoms with Gasteiger partial charge in [0.15, 0.2) is 5.15 Å². The molecule has 0 atom stereocenters. The molecule has 10 heteroatoms. The molecule has 0 aliphatic heterocycles. The Morgan fingerprint density at radius 1 is 1.45 bits per heavy atom. The van der Waals surface area contributed by atoms with E-state index in [0.29, 0.717) is 0 Å². The normalized spacial score (nSPS) is 11.3. The van der Waals surface area contributed by atoms with Crippen molar-refractivity contribution in [1.29, 1.82) is 0 Å². The van der Waals surface area contributed by atoms with Crippen molar-refractivity contribution in [3.63, 3.8) is 0 Å². The summed E-state index contributed by atoms with van der Waals surface area (Å²) in [5.41, 5.74) is 0.258. The third-order valence-electron chi connectivity index (χ3n) is 2.43. The highest BCUT2D eigenvalue weighted by atomic mass is 35.5. The standard InChI is InChI=1S/C12H15ClF3N3O3/c13-10-9(2-1-3-17-10)18-11(21)19(4-6-20)5-7-22-8-12(14,15)16/h1-3,20H,4-8H2,(H,18,21). The summed E-state index contributed by atoms with van der Waals surface area (Å²) in [6.45, 7) is -2.21. The Kier molecular flexibility index (Phi) is 7.36. The second-order valence-electron chi connectivity index (χ2n) is 4.15. The molecule has 6 nitrogen and oxygen atoms in total. The smallest absolute Gasteiger partial charge is 0.395 e. The molecule has 0 aromatic carbocycles. The van der Waals surface area contributed by atoms with Crippen LogP contribution in [0.5, 0.6) is 0 Å². The summed E-state index contributed by atoms with van der Waals surface area (Å²) < 4.78 is 40.2. The van der Waals surface area contributed by atoms with E-state index in [1.165, 1.54) is 12.3 Å². The Balaban J connectivity index is 2.51. The summed E-state index contributed by atoms with van der Waals surface area (Å²) >= 11 is 5.78. The average Bonchev–Trinajstić information content (AvgIpc) is 2.43. The highest BCUT2D eigenvalue weighted by Gasteiger charge is 2.27. The van der Waals surface area contributed by atoms with E-state index in [9.17, 15) is 18.0 Å². The van der Waals surface area contributed by atoms with Gasteiger partial charge in [-0.25, -0.2) is 9.78 Å². The molecule has 0 unspecified atom stereocenters. The first kappa shape index (κ1) is 18.5. The monoisotopic (exact) mass is 341 g/mol. The largest absolute Gasteiger partial charge is 0.411 e. The number of nitrogens with one attached hydrogen (secondary N) is 1. The van der Waals surface area contributed by atoms with Gasteiger partial charge < -0.3 is 20.1 Å². The van der Waals surface area contributed by atoms with Crippen LogP contribution < -0.4 is 5.32 Å². The molecule has 0 fully saturated rings. The Bertz CT molecular complexity index is 488. The Labute approximate surface area is 129 Å². The van der Waals surface area contributed by atoms with E-state index >= 15 is 0 Å². The molecule has 2 N–H and O–H groups in total. The zero-order valence-corrected chi connectivity index (χ0v) is 12.2. The van der Waals surface area contributed by atoms with Gasteiger partial charge >= 0.3 is 12.2 Å². The van der Waals surface area contributed by atoms with Crippen molar-refractivity contribution in [1.82, 2.24) is 9.88 Å². The summed E-state index contributed by atoms with van der Waals surface area (Å²) in [7, 11) is 0. The molecule has 1 rings (SSSR count). The third kappa shape index (κ3) is 6.92. The van der Waals surface area contributed by atoms with Crippen molar-refractivity contribution in [2.45, 2.75) is 6.18 Å². The zero-order valence-electron chi connectivity index (χ0n) is 11.4. The molecule has 0 radical (unpaired) electrons. The number of rotatable bonds is 7. The van der Waals surface area contributed by atoms with Crippen LogP contribution in [0.2, 0.25) is 5.15 Å². The molecule has 124 valence electrons. The number of urea groups is 1. The van der Waals surface area contributed by atoms with E-state index in [4.69, 9.17) is 16.7 Å². The van der Waals surface area contributed by atoms with Crippen LogP contribution in [-0.2, 0) is 4.74 Å². The van der Waals surface area contributed by atoms with Crippen molar-refractivity contribution in [2.24, 2.45) is 0 Å². The molecule has 22 heavy (non-hydrogen) atoms. The van der Waals surface area contributed by atoms with Gasteiger partial charge in [-0.15, -0.1) is 0 Å². The van der Waals surface area contributed by atoms with Gasteiger partial charge in [0.25, 0.3) is 0 Å². The van der Waals surface area contributed by atoms with Gasteiger partial charge in [0, 0.05) is 19.3 Å². The highest BCUT2D eigenvalue weighted by Crippen LogP contribution is 2.18. The van der Waals surface area contributed by atoms with Crippen molar-refractivity contribution >= 4 is 23.3 Å². The van der Waals surface area contributed by atoms with Crippen LogP contribution in [0, 0.1) is 0 Å². The Hall–Kier alpha value is -1.58. The fourth-order valence-electron chi connectivity index (χ4n) is 1.47. The second-order valence-corrected chi connectivity index (χ2v) is 4.51. The van der Waals surface area contributed by atoms with Crippen LogP contribution in [0.3, 0.4) is 0 Å². The number of amides is 2. The lowest BCUT2D eigenvalue weighted by molar-refractivity contribution is -0.174. The number of ether oxygens (including phenoxy) is 1. The fraction of sp³-hybridized carbons (Fsp3) is 0.500. The quantitative estimate of drug-likeness (QED) is 0.588. The molecule has 1 aromatic heterocycles. The summed E-state index contributed by atoms with van der Waals surface area (Å²) in [6.07, 6.45) is -2.98. The second kappa shape index (κ2) is 8.76. The third-order valence-corrected chi connectivity index (χ3v) is 2.73. The molecular formula is C12H15ClF3N3O3. The topological polar surface area (TPSA) is 74.7 Å². The molecule has 0 aliphatic rings. The van der Waals surface area contributed by atoms with Crippen LogP contribution in [0.4, 0.5) is 23.7 Å². The SMILES string of the molecule is O=C(Nc1cccnc1Cl)N(CCO)CCOCC(F)(F)F. The number of pyridine rings is 1. The van der Waals surface area contributed by atoms with E-state index in [1.54, 1.807) is 6.07 Å². The maximum absolute atomic E-state index is 12.0. The van der Waals surface area contributed by atoms with E-state index in [2.05, 4.69) is 15.0 Å². The maximum atomic E-state index is 12.0. The minimum absolute atomic E-state index is 0.0565. The fourth-order valence-corrected chi connectivity index (χ4v) is 1.64. The molecule has 0 saturated carbocycles. The predicted molar refractivity (Wildman–Crippen MR) is 73.8 cm³/mol. The van der Waals surface area contributed by atoms with E-state index in [1.807, 2.05) is 0 Å². The number of hydrogen-bond donors (Lipinski definition) is 2. The molecule has 1 heterocycles. The lowest BCUT2D eigenvalue weighted by Crippen LogP contribution is -2.39. The van der Waals surface area contributed by atoms with Crippen LogP contribution >= 0.6 is 11.6 Å². The van der Waals surface area contributed by atoms with Gasteiger partial charge in [0.2, 0.25) is 0 Å². The summed E-state index contributed by atoms with van der Waals surface area (Å²) in [4.78, 5) is 16.9. The Morgan fingerprint density at radius 2 is 2.18 bits per heavy atom. The van der Waals surface area contributed by atoms with E-state index in [-0.39, 0.29) is 37.1 Å². The molecule has 0 spiro atoms. The molecular weight excluding hydrogens is 327 g/mol. The number of hydrogen-bond acceptors (Lipinski definition) is 4. The van der Waals surface area contributed by atoms with Gasteiger partial charge in [-0.2, -0.15) is 13.2 Å².